The minimum Gasteiger partial charge on any atom is -0.377 e. The number of amides is 1. The van der Waals surface area contributed by atoms with E-state index in [0.29, 0.717) is 12.5 Å². The number of hydrogen-bond donors (Lipinski definition) is 2. The first-order chi connectivity index (χ1) is 7.69. The lowest BCUT2D eigenvalue weighted by Gasteiger charge is -2.43. The SMILES string of the molecule is CCOC1CC(NCCCC(N)=O)C1OC. The molecule has 94 valence electrons. The predicted octanol–water partition coefficient (Wildman–Crippen LogP) is 0.0339. The van der Waals surface area contributed by atoms with E-state index in [2.05, 4.69) is 5.32 Å². The van der Waals surface area contributed by atoms with Crippen LogP contribution in [-0.4, -0.2) is 44.4 Å². The quantitative estimate of drug-likeness (QED) is 0.577. The number of nitrogens with one attached hydrogen (secondary N) is 1. The Balaban J connectivity index is 2.12. The topological polar surface area (TPSA) is 73.6 Å². The van der Waals surface area contributed by atoms with E-state index in [-0.39, 0.29) is 18.1 Å². The van der Waals surface area contributed by atoms with Gasteiger partial charge in [0.1, 0.15) is 0 Å². The lowest BCUT2D eigenvalue weighted by Crippen LogP contribution is -2.59. The molecule has 1 saturated carbocycles. The molecule has 5 nitrogen and oxygen atoms in total. The minimum absolute atomic E-state index is 0.133. The first kappa shape index (κ1) is 13.4. The van der Waals surface area contributed by atoms with Crippen molar-refractivity contribution in [2.75, 3.05) is 20.3 Å². The van der Waals surface area contributed by atoms with Crippen molar-refractivity contribution in [2.45, 2.75) is 44.4 Å². The summed E-state index contributed by atoms with van der Waals surface area (Å²) in [6, 6.07) is 0.342. The second-order valence-corrected chi connectivity index (χ2v) is 4.06. The zero-order valence-corrected chi connectivity index (χ0v) is 10.1. The molecular weight excluding hydrogens is 208 g/mol. The van der Waals surface area contributed by atoms with Crippen LogP contribution in [0.3, 0.4) is 0 Å². The van der Waals surface area contributed by atoms with Crippen molar-refractivity contribution in [2.24, 2.45) is 5.73 Å². The Morgan fingerprint density at radius 1 is 1.56 bits per heavy atom. The van der Waals surface area contributed by atoms with Gasteiger partial charge in [-0.1, -0.05) is 0 Å². The number of ether oxygens (including phenoxy) is 2. The molecular formula is C11H22N2O3. The summed E-state index contributed by atoms with van der Waals surface area (Å²) >= 11 is 0. The van der Waals surface area contributed by atoms with E-state index in [1.54, 1.807) is 7.11 Å². The van der Waals surface area contributed by atoms with E-state index >= 15 is 0 Å². The zero-order valence-electron chi connectivity index (χ0n) is 10.1. The van der Waals surface area contributed by atoms with E-state index in [1.807, 2.05) is 6.92 Å². The van der Waals surface area contributed by atoms with Crippen molar-refractivity contribution in [3.63, 3.8) is 0 Å². The standard InChI is InChI=1S/C11H22N2O3/c1-3-16-9-7-8(11(9)15-2)13-6-4-5-10(12)14/h8-9,11,13H,3-7H2,1-2H3,(H2,12,14). The largest absolute Gasteiger partial charge is 0.377 e. The second-order valence-electron chi connectivity index (χ2n) is 4.06. The molecule has 0 aromatic heterocycles. The van der Waals surface area contributed by atoms with Crippen LogP contribution in [0, 0.1) is 0 Å². The molecule has 0 heterocycles. The van der Waals surface area contributed by atoms with Crippen LogP contribution in [0.4, 0.5) is 0 Å². The van der Waals surface area contributed by atoms with Gasteiger partial charge in [-0.15, -0.1) is 0 Å². The van der Waals surface area contributed by atoms with E-state index in [4.69, 9.17) is 15.2 Å². The number of carbonyl (C=O) groups excluding carboxylic acids is 1. The van der Waals surface area contributed by atoms with Crippen LogP contribution >= 0.6 is 0 Å². The average molecular weight is 230 g/mol. The lowest BCUT2D eigenvalue weighted by molar-refractivity contribution is -0.131. The summed E-state index contributed by atoms with van der Waals surface area (Å²) in [4.78, 5) is 10.5. The predicted molar refractivity (Wildman–Crippen MR) is 61.0 cm³/mol. The Hall–Kier alpha value is -0.650. The number of carbonyl (C=O) groups is 1. The van der Waals surface area contributed by atoms with Crippen LogP contribution in [0.2, 0.25) is 0 Å². The summed E-state index contributed by atoms with van der Waals surface area (Å²) in [6.45, 7) is 3.51. The van der Waals surface area contributed by atoms with Gasteiger partial charge in [0, 0.05) is 26.2 Å². The first-order valence-corrected chi connectivity index (χ1v) is 5.85. The van der Waals surface area contributed by atoms with Gasteiger partial charge in [0.15, 0.2) is 0 Å². The maximum Gasteiger partial charge on any atom is 0.217 e. The van der Waals surface area contributed by atoms with Gasteiger partial charge in [0.25, 0.3) is 0 Å². The van der Waals surface area contributed by atoms with Crippen molar-refractivity contribution in [3.05, 3.63) is 0 Å². The lowest BCUT2D eigenvalue weighted by atomic mass is 9.85. The molecule has 0 radical (unpaired) electrons. The van der Waals surface area contributed by atoms with E-state index in [9.17, 15) is 4.79 Å². The van der Waals surface area contributed by atoms with Crippen molar-refractivity contribution >= 4 is 5.91 Å². The van der Waals surface area contributed by atoms with E-state index in [0.717, 1.165) is 26.0 Å². The average Bonchev–Trinajstić information content (AvgIpc) is 2.21. The highest BCUT2D eigenvalue weighted by atomic mass is 16.5. The van der Waals surface area contributed by atoms with Crippen molar-refractivity contribution < 1.29 is 14.3 Å². The van der Waals surface area contributed by atoms with Crippen molar-refractivity contribution in [1.82, 2.24) is 5.32 Å². The molecule has 0 aliphatic heterocycles. The normalized spacial score (nSPS) is 28.8. The Morgan fingerprint density at radius 2 is 2.31 bits per heavy atom. The fourth-order valence-electron chi connectivity index (χ4n) is 2.02. The maximum atomic E-state index is 10.5. The highest BCUT2D eigenvalue weighted by Gasteiger charge is 2.41. The van der Waals surface area contributed by atoms with Crippen LogP contribution in [-0.2, 0) is 14.3 Å². The van der Waals surface area contributed by atoms with Gasteiger partial charge >= 0.3 is 0 Å². The van der Waals surface area contributed by atoms with Crippen LogP contribution in [0.15, 0.2) is 0 Å². The van der Waals surface area contributed by atoms with Gasteiger partial charge in [0.05, 0.1) is 12.2 Å². The fraction of sp³-hybridized carbons (Fsp3) is 0.909. The molecule has 1 rings (SSSR count). The van der Waals surface area contributed by atoms with Gasteiger partial charge < -0.3 is 20.5 Å². The summed E-state index contributed by atoms with van der Waals surface area (Å²) < 4.78 is 10.9. The third kappa shape index (κ3) is 3.73. The summed E-state index contributed by atoms with van der Waals surface area (Å²) in [5.74, 6) is -0.245. The first-order valence-electron chi connectivity index (χ1n) is 5.85. The Bertz CT molecular complexity index is 223. The summed E-state index contributed by atoms with van der Waals surface area (Å²) in [6.07, 6.45) is 2.54. The molecule has 5 heteroatoms. The monoisotopic (exact) mass is 230 g/mol. The van der Waals surface area contributed by atoms with Crippen LogP contribution in [0.25, 0.3) is 0 Å². The Morgan fingerprint density at radius 3 is 2.88 bits per heavy atom. The Labute approximate surface area is 96.7 Å². The third-order valence-corrected chi connectivity index (χ3v) is 2.91. The maximum absolute atomic E-state index is 10.5. The van der Waals surface area contributed by atoms with E-state index < -0.39 is 0 Å². The molecule has 3 atom stereocenters. The van der Waals surface area contributed by atoms with Gasteiger partial charge in [-0.05, 0) is 26.3 Å². The molecule has 0 bridgehead atoms. The summed E-state index contributed by atoms with van der Waals surface area (Å²) in [5, 5.41) is 3.35. The van der Waals surface area contributed by atoms with Crippen LogP contribution in [0.5, 0.6) is 0 Å². The molecule has 0 aromatic rings. The number of methoxy groups -OCH3 is 1. The molecule has 16 heavy (non-hydrogen) atoms. The molecule has 1 amide bonds. The molecule has 0 aromatic carbocycles. The number of primary amides is 1. The van der Waals surface area contributed by atoms with E-state index in [1.165, 1.54) is 0 Å². The molecule has 3 unspecified atom stereocenters. The van der Waals surface area contributed by atoms with Crippen LogP contribution in [0.1, 0.15) is 26.2 Å². The van der Waals surface area contributed by atoms with Crippen LogP contribution < -0.4 is 11.1 Å². The van der Waals surface area contributed by atoms with Crippen molar-refractivity contribution in [3.8, 4) is 0 Å². The highest BCUT2D eigenvalue weighted by Crippen LogP contribution is 2.26. The smallest absolute Gasteiger partial charge is 0.217 e. The molecule has 1 aliphatic carbocycles. The Kier molecular flexibility index (Phi) is 5.73. The molecule has 0 saturated heterocycles. The van der Waals surface area contributed by atoms with Gasteiger partial charge in [-0.25, -0.2) is 0 Å². The number of rotatable bonds is 8. The fourth-order valence-corrected chi connectivity index (χ4v) is 2.02. The zero-order chi connectivity index (χ0) is 12.0. The van der Waals surface area contributed by atoms with Gasteiger partial charge in [-0.2, -0.15) is 0 Å². The summed E-state index contributed by atoms with van der Waals surface area (Å²) in [7, 11) is 1.70. The van der Waals surface area contributed by atoms with Gasteiger partial charge in [-0.3, -0.25) is 4.79 Å². The third-order valence-electron chi connectivity index (χ3n) is 2.91. The summed E-state index contributed by atoms with van der Waals surface area (Å²) in [5.41, 5.74) is 5.06. The van der Waals surface area contributed by atoms with Gasteiger partial charge in [0.2, 0.25) is 5.91 Å². The number of nitrogens with two attached hydrogens (primary N) is 1. The minimum atomic E-state index is -0.245. The van der Waals surface area contributed by atoms with Crippen molar-refractivity contribution in [1.29, 1.82) is 0 Å². The highest BCUT2D eigenvalue weighted by molar-refractivity contribution is 5.73. The molecule has 1 fully saturated rings. The molecule has 3 N–H and O–H groups in total. The number of hydrogen-bond acceptors (Lipinski definition) is 4. The molecule has 1 aliphatic rings. The molecule has 0 spiro atoms. The second kappa shape index (κ2) is 6.83.